The molecule has 5 heteroatoms. The molecule has 1 fully saturated rings. The topological polar surface area (TPSA) is 46.9 Å². The lowest BCUT2D eigenvalue weighted by Crippen LogP contribution is -2.47. The monoisotopic (exact) mass is 227 g/mol. The summed E-state index contributed by atoms with van der Waals surface area (Å²) in [4.78, 5) is 12.0. The Hall–Kier alpha value is -0.870. The maximum atomic E-state index is 12.0. The van der Waals surface area contributed by atoms with E-state index in [2.05, 4.69) is 17.3 Å². The zero-order valence-corrected chi connectivity index (χ0v) is 9.42. The van der Waals surface area contributed by atoms with E-state index in [9.17, 15) is 4.79 Å². The van der Waals surface area contributed by atoms with Crippen LogP contribution < -0.4 is 5.32 Å². The molecule has 4 nitrogen and oxygen atoms in total. The molecule has 0 bridgehead atoms. The standard InChI is InChI=1S/C10H14ClN3O/c1-2-3-14-9(8(11)6-13-14)10(15)7-4-12-5-7/h6-7,12H,2-5H2,1H3. The second-order valence-electron chi connectivity index (χ2n) is 3.78. The number of aryl methyl sites for hydroxylation is 1. The second-order valence-corrected chi connectivity index (χ2v) is 4.19. The van der Waals surface area contributed by atoms with E-state index in [4.69, 9.17) is 11.6 Å². The summed E-state index contributed by atoms with van der Waals surface area (Å²) in [7, 11) is 0. The minimum Gasteiger partial charge on any atom is -0.315 e. The maximum absolute atomic E-state index is 12.0. The number of nitrogens with zero attached hydrogens (tertiary/aromatic N) is 2. The number of ketones is 1. The molecule has 0 aliphatic carbocycles. The average Bonchev–Trinajstić information content (AvgIpc) is 2.45. The van der Waals surface area contributed by atoms with Crippen LogP contribution in [0.4, 0.5) is 0 Å². The molecule has 1 aliphatic heterocycles. The Labute approximate surface area is 93.6 Å². The Morgan fingerprint density at radius 3 is 3.00 bits per heavy atom. The van der Waals surface area contributed by atoms with E-state index < -0.39 is 0 Å². The van der Waals surface area contributed by atoms with Crippen molar-refractivity contribution in [2.75, 3.05) is 13.1 Å². The fourth-order valence-corrected chi connectivity index (χ4v) is 1.89. The third-order valence-electron chi connectivity index (χ3n) is 2.62. The Bertz CT molecular complexity index is 371. The van der Waals surface area contributed by atoms with Gasteiger partial charge in [-0.25, -0.2) is 0 Å². The number of carbonyl (C=O) groups is 1. The molecule has 15 heavy (non-hydrogen) atoms. The summed E-state index contributed by atoms with van der Waals surface area (Å²) >= 11 is 5.98. The highest BCUT2D eigenvalue weighted by molar-refractivity contribution is 6.33. The first-order valence-electron chi connectivity index (χ1n) is 5.20. The van der Waals surface area contributed by atoms with Gasteiger partial charge in [-0.05, 0) is 6.42 Å². The van der Waals surface area contributed by atoms with Gasteiger partial charge in [0.25, 0.3) is 0 Å². The third kappa shape index (κ3) is 1.92. The molecule has 2 rings (SSSR count). The van der Waals surface area contributed by atoms with E-state index in [1.54, 1.807) is 10.9 Å². The van der Waals surface area contributed by atoms with E-state index in [1.165, 1.54) is 0 Å². The van der Waals surface area contributed by atoms with Crippen molar-refractivity contribution in [1.29, 1.82) is 0 Å². The highest BCUT2D eigenvalue weighted by Crippen LogP contribution is 2.21. The van der Waals surface area contributed by atoms with E-state index in [0.29, 0.717) is 10.7 Å². The summed E-state index contributed by atoms with van der Waals surface area (Å²) in [5, 5.41) is 7.66. The first kappa shape index (κ1) is 10.6. The third-order valence-corrected chi connectivity index (χ3v) is 2.89. The van der Waals surface area contributed by atoms with Crippen molar-refractivity contribution in [2.45, 2.75) is 19.9 Å². The number of rotatable bonds is 4. The highest BCUT2D eigenvalue weighted by atomic mass is 35.5. The fraction of sp³-hybridized carbons (Fsp3) is 0.600. The number of halogens is 1. The van der Waals surface area contributed by atoms with Crippen LogP contribution in [0.1, 0.15) is 23.8 Å². The zero-order valence-electron chi connectivity index (χ0n) is 8.66. The molecule has 0 aromatic carbocycles. The van der Waals surface area contributed by atoms with Crippen molar-refractivity contribution in [3.63, 3.8) is 0 Å². The predicted molar refractivity (Wildman–Crippen MR) is 58.2 cm³/mol. The van der Waals surface area contributed by atoms with Crippen LogP contribution in [0.3, 0.4) is 0 Å². The molecule has 0 amide bonds. The zero-order chi connectivity index (χ0) is 10.8. The van der Waals surface area contributed by atoms with Crippen LogP contribution in [0, 0.1) is 5.92 Å². The van der Waals surface area contributed by atoms with Gasteiger partial charge in [0, 0.05) is 25.6 Å². The Kier molecular flexibility index (Phi) is 3.07. The molecule has 0 atom stereocenters. The number of aromatic nitrogens is 2. The summed E-state index contributed by atoms with van der Waals surface area (Å²) in [6.45, 7) is 4.31. The SMILES string of the molecule is CCCn1ncc(Cl)c1C(=O)C1CNC1. The molecule has 1 saturated heterocycles. The van der Waals surface area contributed by atoms with Crippen LogP contribution in [0.2, 0.25) is 5.02 Å². The van der Waals surface area contributed by atoms with Gasteiger partial charge in [0.05, 0.1) is 11.2 Å². The van der Waals surface area contributed by atoms with E-state index in [-0.39, 0.29) is 11.7 Å². The molecule has 1 aromatic heterocycles. The molecule has 0 radical (unpaired) electrons. The van der Waals surface area contributed by atoms with Gasteiger partial charge < -0.3 is 5.32 Å². The van der Waals surface area contributed by atoms with Gasteiger partial charge >= 0.3 is 0 Å². The minimum absolute atomic E-state index is 0.0785. The number of hydrogen-bond donors (Lipinski definition) is 1. The van der Waals surface area contributed by atoms with Crippen molar-refractivity contribution in [1.82, 2.24) is 15.1 Å². The number of carbonyl (C=O) groups excluding carboxylic acids is 1. The number of hydrogen-bond acceptors (Lipinski definition) is 3. The summed E-state index contributed by atoms with van der Waals surface area (Å²) < 4.78 is 1.71. The van der Waals surface area contributed by atoms with Crippen molar-refractivity contribution >= 4 is 17.4 Å². The van der Waals surface area contributed by atoms with E-state index >= 15 is 0 Å². The Balaban J connectivity index is 2.24. The van der Waals surface area contributed by atoms with Crippen molar-refractivity contribution in [2.24, 2.45) is 5.92 Å². The lowest BCUT2D eigenvalue weighted by atomic mass is 9.96. The molecular formula is C10H14ClN3O. The van der Waals surface area contributed by atoms with Gasteiger partial charge in [-0.2, -0.15) is 5.10 Å². The fourth-order valence-electron chi connectivity index (χ4n) is 1.66. The Morgan fingerprint density at radius 1 is 1.73 bits per heavy atom. The summed E-state index contributed by atoms with van der Waals surface area (Å²) in [5.74, 6) is 0.194. The van der Waals surface area contributed by atoms with Crippen LogP contribution in [0.15, 0.2) is 6.20 Å². The van der Waals surface area contributed by atoms with Gasteiger partial charge in [-0.15, -0.1) is 0 Å². The van der Waals surface area contributed by atoms with E-state index in [1.807, 2.05) is 0 Å². The molecule has 0 saturated carbocycles. The van der Waals surface area contributed by atoms with Crippen molar-refractivity contribution < 1.29 is 4.79 Å². The molecule has 1 aliphatic rings. The molecule has 82 valence electrons. The largest absolute Gasteiger partial charge is 0.315 e. The molecule has 0 spiro atoms. The quantitative estimate of drug-likeness (QED) is 0.790. The lowest BCUT2D eigenvalue weighted by molar-refractivity contribution is 0.0866. The molecule has 1 N–H and O–H groups in total. The minimum atomic E-state index is 0.0785. The summed E-state index contributed by atoms with van der Waals surface area (Å²) in [6.07, 6.45) is 2.50. The first-order valence-corrected chi connectivity index (χ1v) is 5.58. The normalized spacial score (nSPS) is 16.4. The van der Waals surface area contributed by atoms with Crippen LogP contribution in [-0.2, 0) is 6.54 Å². The van der Waals surface area contributed by atoms with Crippen LogP contribution in [0.25, 0.3) is 0 Å². The van der Waals surface area contributed by atoms with Gasteiger partial charge in [0.2, 0.25) is 0 Å². The maximum Gasteiger partial charge on any atom is 0.187 e. The van der Waals surface area contributed by atoms with E-state index in [0.717, 1.165) is 26.1 Å². The molecule has 0 unspecified atom stereocenters. The highest BCUT2D eigenvalue weighted by Gasteiger charge is 2.29. The van der Waals surface area contributed by atoms with Gasteiger partial charge in [0.15, 0.2) is 5.78 Å². The van der Waals surface area contributed by atoms with Crippen molar-refractivity contribution in [3.05, 3.63) is 16.9 Å². The number of nitrogens with one attached hydrogen (secondary N) is 1. The summed E-state index contributed by atoms with van der Waals surface area (Å²) in [6, 6.07) is 0. The van der Waals surface area contributed by atoms with Crippen LogP contribution >= 0.6 is 11.6 Å². The summed E-state index contributed by atoms with van der Waals surface area (Å²) in [5.41, 5.74) is 0.574. The van der Waals surface area contributed by atoms with Gasteiger partial charge in [-0.1, -0.05) is 18.5 Å². The molecule has 1 aromatic rings. The molecule has 2 heterocycles. The smallest absolute Gasteiger partial charge is 0.187 e. The Morgan fingerprint density at radius 2 is 2.47 bits per heavy atom. The number of Topliss-reactive ketones (excluding diaryl/α,β-unsaturated/α-hetero) is 1. The van der Waals surface area contributed by atoms with Crippen LogP contribution in [0.5, 0.6) is 0 Å². The van der Waals surface area contributed by atoms with Gasteiger partial charge in [0.1, 0.15) is 5.69 Å². The lowest BCUT2D eigenvalue weighted by Gasteiger charge is -2.25. The van der Waals surface area contributed by atoms with Crippen LogP contribution in [-0.4, -0.2) is 28.7 Å². The molecular weight excluding hydrogens is 214 g/mol. The first-order chi connectivity index (χ1) is 7.24. The van der Waals surface area contributed by atoms with Gasteiger partial charge in [-0.3, -0.25) is 9.48 Å². The average molecular weight is 228 g/mol. The predicted octanol–water partition coefficient (Wildman–Crippen LogP) is 1.35. The van der Waals surface area contributed by atoms with Crippen molar-refractivity contribution in [3.8, 4) is 0 Å². The second kappa shape index (κ2) is 4.33.